The van der Waals surface area contributed by atoms with E-state index in [9.17, 15) is 0 Å². The molecule has 1 aromatic heterocycles. The van der Waals surface area contributed by atoms with Crippen molar-refractivity contribution in [3.8, 4) is 17.0 Å². The molecule has 0 radical (unpaired) electrons. The highest BCUT2D eigenvalue weighted by molar-refractivity contribution is 5.66. The third kappa shape index (κ3) is 4.76. The highest BCUT2D eigenvalue weighted by Crippen LogP contribution is 2.25. The van der Waals surface area contributed by atoms with Crippen LogP contribution in [0.15, 0.2) is 60.7 Å². The summed E-state index contributed by atoms with van der Waals surface area (Å²) in [6, 6.07) is 20.1. The van der Waals surface area contributed by atoms with Crippen LogP contribution >= 0.6 is 0 Å². The fourth-order valence-electron chi connectivity index (χ4n) is 2.89. The lowest BCUT2D eigenvalue weighted by Crippen LogP contribution is -2.23. The van der Waals surface area contributed by atoms with Crippen LogP contribution in [0.1, 0.15) is 20.8 Å². The van der Waals surface area contributed by atoms with E-state index < -0.39 is 0 Å². The Morgan fingerprint density at radius 3 is 2.22 bits per heavy atom. The van der Waals surface area contributed by atoms with Crippen molar-refractivity contribution < 1.29 is 4.74 Å². The van der Waals surface area contributed by atoms with Crippen LogP contribution in [0.3, 0.4) is 0 Å². The lowest BCUT2D eigenvalue weighted by atomic mass is 10.1. The summed E-state index contributed by atoms with van der Waals surface area (Å²) in [6.45, 7) is 8.68. The van der Waals surface area contributed by atoms with Gasteiger partial charge in [-0.2, -0.15) is 4.98 Å². The molecule has 0 fully saturated rings. The quantitative estimate of drug-likeness (QED) is 0.602. The number of hydrogen-bond acceptors (Lipinski definition) is 5. The van der Waals surface area contributed by atoms with E-state index in [0.29, 0.717) is 12.6 Å². The molecule has 27 heavy (non-hydrogen) atoms. The highest BCUT2D eigenvalue weighted by Gasteiger charge is 2.11. The molecule has 3 aromatic rings. The van der Waals surface area contributed by atoms with Gasteiger partial charge in [-0.3, -0.25) is 0 Å². The smallest absolute Gasteiger partial charge is 0.229 e. The lowest BCUT2D eigenvalue weighted by Gasteiger charge is -2.21. The third-order valence-electron chi connectivity index (χ3n) is 4.29. The van der Waals surface area contributed by atoms with E-state index in [1.54, 1.807) is 0 Å². The number of benzene rings is 2. The maximum absolute atomic E-state index is 5.50. The van der Waals surface area contributed by atoms with E-state index in [2.05, 4.69) is 36.2 Å². The topological polar surface area (TPSA) is 50.3 Å². The molecular weight excluding hydrogens is 336 g/mol. The predicted octanol–water partition coefficient (Wildman–Crippen LogP) is 5.13. The fourth-order valence-corrected chi connectivity index (χ4v) is 2.89. The van der Waals surface area contributed by atoms with Crippen LogP contribution in [-0.4, -0.2) is 29.7 Å². The maximum Gasteiger partial charge on any atom is 0.229 e. The largest absolute Gasteiger partial charge is 0.494 e. The normalized spacial score (nSPS) is 10.5. The van der Waals surface area contributed by atoms with Crippen LogP contribution in [0.25, 0.3) is 11.3 Å². The molecule has 140 valence electrons. The zero-order valence-electron chi connectivity index (χ0n) is 16.1. The lowest BCUT2D eigenvalue weighted by molar-refractivity contribution is 0.340. The van der Waals surface area contributed by atoms with Gasteiger partial charge in [0.2, 0.25) is 5.95 Å². The highest BCUT2D eigenvalue weighted by atomic mass is 16.5. The summed E-state index contributed by atoms with van der Waals surface area (Å²) < 4.78 is 5.50. The van der Waals surface area contributed by atoms with Gasteiger partial charge in [0.05, 0.1) is 12.3 Å². The zero-order chi connectivity index (χ0) is 19.1. The molecule has 0 bridgehead atoms. The van der Waals surface area contributed by atoms with Crippen molar-refractivity contribution in [2.24, 2.45) is 0 Å². The second-order valence-corrected chi connectivity index (χ2v) is 6.06. The van der Waals surface area contributed by atoms with Gasteiger partial charge in [0.1, 0.15) is 11.6 Å². The molecule has 5 nitrogen and oxygen atoms in total. The Morgan fingerprint density at radius 2 is 1.59 bits per heavy atom. The monoisotopic (exact) mass is 362 g/mol. The van der Waals surface area contributed by atoms with Gasteiger partial charge in [-0.05, 0) is 45.0 Å². The molecule has 1 N–H and O–H groups in total. The van der Waals surface area contributed by atoms with Gasteiger partial charge in [0, 0.05) is 30.4 Å². The van der Waals surface area contributed by atoms with Crippen LogP contribution in [0, 0.1) is 0 Å². The molecule has 0 unspecified atom stereocenters. The summed E-state index contributed by atoms with van der Waals surface area (Å²) in [4.78, 5) is 11.7. The third-order valence-corrected chi connectivity index (χ3v) is 4.29. The Hall–Kier alpha value is -3.08. The number of rotatable bonds is 8. The predicted molar refractivity (Wildman–Crippen MR) is 112 cm³/mol. The molecule has 0 spiro atoms. The van der Waals surface area contributed by atoms with Crippen molar-refractivity contribution in [2.45, 2.75) is 20.8 Å². The van der Waals surface area contributed by atoms with Gasteiger partial charge in [-0.1, -0.05) is 30.3 Å². The first-order chi connectivity index (χ1) is 13.2. The summed E-state index contributed by atoms with van der Waals surface area (Å²) in [6.07, 6.45) is 0. The van der Waals surface area contributed by atoms with E-state index in [-0.39, 0.29) is 0 Å². The van der Waals surface area contributed by atoms with Gasteiger partial charge in [-0.15, -0.1) is 0 Å². The van der Waals surface area contributed by atoms with Crippen LogP contribution in [0.4, 0.5) is 17.5 Å². The summed E-state index contributed by atoms with van der Waals surface area (Å²) in [5, 5.41) is 3.32. The minimum Gasteiger partial charge on any atom is -0.494 e. The molecule has 0 aliphatic rings. The zero-order valence-corrected chi connectivity index (χ0v) is 16.1. The minimum absolute atomic E-state index is 0.586. The van der Waals surface area contributed by atoms with Gasteiger partial charge in [-0.25, -0.2) is 4.98 Å². The van der Waals surface area contributed by atoms with Gasteiger partial charge >= 0.3 is 0 Å². The number of aromatic nitrogens is 2. The molecule has 0 saturated carbocycles. The molecule has 0 atom stereocenters. The van der Waals surface area contributed by atoms with E-state index in [1.807, 2.05) is 55.5 Å². The van der Waals surface area contributed by atoms with Crippen molar-refractivity contribution >= 4 is 17.5 Å². The first kappa shape index (κ1) is 18.7. The molecule has 0 aliphatic carbocycles. The Bertz CT molecular complexity index is 846. The SMILES string of the molecule is CCOc1ccc(Nc2nc(-c3ccccc3)cc(N(CC)CC)n2)cc1. The molecular formula is C22H26N4O. The van der Waals surface area contributed by atoms with Gasteiger partial charge in [0.25, 0.3) is 0 Å². The molecule has 1 heterocycles. The Labute approximate surface area is 161 Å². The average Bonchev–Trinajstić information content (AvgIpc) is 2.71. The maximum atomic E-state index is 5.50. The van der Waals surface area contributed by atoms with Crippen molar-refractivity contribution in [1.29, 1.82) is 0 Å². The Morgan fingerprint density at radius 1 is 0.889 bits per heavy atom. The van der Waals surface area contributed by atoms with Gasteiger partial charge < -0.3 is 15.0 Å². The molecule has 3 rings (SSSR count). The molecule has 2 aromatic carbocycles. The number of nitrogens with one attached hydrogen (secondary N) is 1. The number of ether oxygens (including phenoxy) is 1. The number of anilines is 3. The van der Waals surface area contributed by atoms with E-state index in [0.717, 1.165) is 41.6 Å². The molecule has 0 aliphatic heterocycles. The second-order valence-electron chi connectivity index (χ2n) is 6.06. The number of hydrogen-bond donors (Lipinski definition) is 1. The number of nitrogens with zero attached hydrogens (tertiary/aromatic N) is 3. The van der Waals surface area contributed by atoms with E-state index in [4.69, 9.17) is 14.7 Å². The van der Waals surface area contributed by atoms with Gasteiger partial charge in [0.15, 0.2) is 0 Å². The Balaban J connectivity index is 1.94. The molecule has 0 saturated heterocycles. The standard InChI is InChI=1S/C22H26N4O/c1-4-26(5-2)21-16-20(17-10-8-7-9-11-17)24-22(25-21)23-18-12-14-19(15-13-18)27-6-3/h7-16H,4-6H2,1-3H3,(H,23,24,25). The Kier molecular flexibility index (Phi) is 6.26. The van der Waals surface area contributed by atoms with Crippen LogP contribution in [0.5, 0.6) is 5.75 Å². The van der Waals surface area contributed by atoms with Crippen LogP contribution in [-0.2, 0) is 0 Å². The summed E-state index contributed by atoms with van der Waals surface area (Å²) >= 11 is 0. The van der Waals surface area contributed by atoms with Crippen molar-refractivity contribution in [1.82, 2.24) is 9.97 Å². The molecule has 0 amide bonds. The second kappa shape index (κ2) is 9.03. The van der Waals surface area contributed by atoms with Crippen LogP contribution in [0.2, 0.25) is 0 Å². The van der Waals surface area contributed by atoms with Crippen LogP contribution < -0.4 is 15.0 Å². The van der Waals surface area contributed by atoms with Crippen molar-refractivity contribution in [2.75, 3.05) is 29.9 Å². The first-order valence-electron chi connectivity index (χ1n) is 9.42. The summed E-state index contributed by atoms with van der Waals surface area (Å²) in [5.41, 5.74) is 2.90. The van der Waals surface area contributed by atoms with E-state index in [1.165, 1.54) is 0 Å². The average molecular weight is 362 g/mol. The molecule has 5 heteroatoms. The first-order valence-corrected chi connectivity index (χ1v) is 9.42. The summed E-state index contributed by atoms with van der Waals surface area (Å²) in [5.74, 6) is 2.36. The van der Waals surface area contributed by atoms with E-state index >= 15 is 0 Å². The van der Waals surface area contributed by atoms with Crippen molar-refractivity contribution in [3.05, 3.63) is 60.7 Å². The van der Waals surface area contributed by atoms with Crippen molar-refractivity contribution in [3.63, 3.8) is 0 Å². The summed E-state index contributed by atoms with van der Waals surface area (Å²) in [7, 11) is 0. The fraction of sp³-hybridized carbons (Fsp3) is 0.273. The minimum atomic E-state index is 0.586.